The van der Waals surface area contributed by atoms with E-state index in [1.807, 2.05) is 49.1 Å². The Balaban J connectivity index is 1.87. The van der Waals surface area contributed by atoms with Crippen LogP contribution in [0.1, 0.15) is 32.3 Å². The van der Waals surface area contributed by atoms with Crippen molar-refractivity contribution in [3.63, 3.8) is 0 Å². The third-order valence-corrected chi connectivity index (χ3v) is 3.84. The predicted molar refractivity (Wildman–Crippen MR) is 84.2 cm³/mol. The molecule has 1 aliphatic heterocycles. The predicted octanol–water partition coefficient (Wildman–Crippen LogP) is 2.56. The van der Waals surface area contributed by atoms with Gasteiger partial charge in [0.25, 0.3) is 0 Å². The fraction of sp³-hybridized carbons (Fsp3) is 0.529. The van der Waals surface area contributed by atoms with E-state index in [0.29, 0.717) is 0 Å². The molecule has 5 nitrogen and oxygen atoms in total. The molecule has 1 aromatic carbocycles. The minimum absolute atomic E-state index is 0.0100. The first kappa shape index (κ1) is 16.3. The maximum absolute atomic E-state index is 12.5. The van der Waals surface area contributed by atoms with Gasteiger partial charge < -0.3 is 15.0 Å². The molecule has 0 bridgehead atoms. The van der Waals surface area contributed by atoms with Crippen LogP contribution in [0.15, 0.2) is 30.3 Å². The van der Waals surface area contributed by atoms with Crippen molar-refractivity contribution in [2.45, 2.75) is 39.3 Å². The zero-order valence-electron chi connectivity index (χ0n) is 13.2. The van der Waals surface area contributed by atoms with Crippen LogP contribution in [0.25, 0.3) is 0 Å². The van der Waals surface area contributed by atoms with Gasteiger partial charge in [-0.3, -0.25) is 4.79 Å². The molecule has 5 heteroatoms. The summed E-state index contributed by atoms with van der Waals surface area (Å²) in [5, 5.41) is 2.71. The number of amides is 2. The van der Waals surface area contributed by atoms with Gasteiger partial charge in [0.2, 0.25) is 5.91 Å². The maximum atomic E-state index is 12.5. The van der Waals surface area contributed by atoms with E-state index in [1.54, 1.807) is 0 Å². The summed E-state index contributed by atoms with van der Waals surface area (Å²) in [6.45, 7) is 5.62. The molecule has 1 aliphatic rings. The van der Waals surface area contributed by atoms with E-state index in [0.717, 1.165) is 31.5 Å². The van der Waals surface area contributed by atoms with Gasteiger partial charge in [-0.1, -0.05) is 44.2 Å². The van der Waals surface area contributed by atoms with Crippen molar-refractivity contribution in [1.29, 1.82) is 0 Å². The zero-order chi connectivity index (χ0) is 15.9. The molecule has 0 spiro atoms. The van der Waals surface area contributed by atoms with Crippen LogP contribution in [0.5, 0.6) is 0 Å². The van der Waals surface area contributed by atoms with E-state index in [1.165, 1.54) is 0 Å². The molecular weight excluding hydrogens is 280 g/mol. The molecule has 2 rings (SSSR count). The Bertz CT molecular complexity index is 496. The standard InChI is InChI=1S/C17H24N2O3/c1-13(2)15(16(20)19-10-6-7-11-19)18-17(21)22-12-14-8-4-3-5-9-14/h3-5,8-9,13,15H,6-7,10-12H2,1-2H3,(H,18,21)/t15-/m1/s1. The number of hydrogen-bond acceptors (Lipinski definition) is 3. The molecule has 1 saturated heterocycles. The molecule has 1 atom stereocenters. The van der Waals surface area contributed by atoms with Crippen molar-refractivity contribution in [3.05, 3.63) is 35.9 Å². The van der Waals surface area contributed by atoms with Crippen molar-refractivity contribution in [2.75, 3.05) is 13.1 Å². The van der Waals surface area contributed by atoms with E-state index < -0.39 is 12.1 Å². The molecule has 0 radical (unpaired) electrons. The third-order valence-electron chi connectivity index (χ3n) is 3.84. The van der Waals surface area contributed by atoms with E-state index >= 15 is 0 Å². The van der Waals surface area contributed by atoms with Crippen LogP contribution < -0.4 is 5.32 Å². The van der Waals surface area contributed by atoms with Crippen LogP contribution in [0.4, 0.5) is 4.79 Å². The summed E-state index contributed by atoms with van der Waals surface area (Å²) < 4.78 is 5.20. The van der Waals surface area contributed by atoms with E-state index in [2.05, 4.69) is 5.32 Å². The fourth-order valence-electron chi connectivity index (χ4n) is 2.54. The van der Waals surface area contributed by atoms with Gasteiger partial charge in [-0.05, 0) is 24.3 Å². The lowest BCUT2D eigenvalue weighted by atomic mass is 10.0. The minimum atomic E-state index is -0.546. The summed E-state index contributed by atoms with van der Waals surface area (Å²) >= 11 is 0. The first-order chi connectivity index (χ1) is 10.6. The Hall–Kier alpha value is -2.04. The molecule has 120 valence electrons. The Morgan fingerprint density at radius 2 is 1.82 bits per heavy atom. The number of alkyl carbamates (subject to hydrolysis) is 1. The molecule has 22 heavy (non-hydrogen) atoms. The van der Waals surface area contributed by atoms with E-state index in [9.17, 15) is 9.59 Å². The van der Waals surface area contributed by atoms with E-state index in [4.69, 9.17) is 4.74 Å². The summed E-state index contributed by atoms with van der Waals surface area (Å²) in [5.41, 5.74) is 0.921. The van der Waals surface area contributed by atoms with Gasteiger partial charge in [0.05, 0.1) is 0 Å². The van der Waals surface area contributed by atoms with Gasteiger partial charge in [0.15, 0.2) is 0 Å². The highest BCUT2D eigenvalue weighted by atomic mass is 16.5. The average Bonchev–Trinajstić information content (AvgIpc) is 3.05. The first-order valence-electron chi connectivity index (χ1n) is 7.84. The summed E-state index contributed by atoms with van der Waals surface area (Å²) in [6, 6.07) is 8.95. The number of hydrogen-bond donors (Lipinski definition) is 1. The van der Waals surface area contributed by atoms with Gasteiger partial charge in [-0.2, -0.15) is 0 Å². The topological polar surface area (TPSA) is 58.6 Å². The lowest BCUT2D eigenvalue weighted by molar-refractivity contribution is -0.133. The van der Waals surface area contributed by atoms with Crippen molar-refractivity contribution in [3.8, 4) is 0 Å². The van der Waals surface area contributed by atoms with Crippen LogP contribution in [0, 0.1) is 5.92 Å². The smallest absolute Gasteiger partial charge is 0.408 e. The van der Waals surface area contributed by atoms with Crippen molar-refractivity contribution >= 4 is 12.0 Å². The monoisotopic (exact) mass is 304 g/mol. The fourth-order valence-corrected chi connectivity index (χ4v) is 2.54. The molecule has 1 fully saturated rings. The number of nitrogens with zero attached hydrogens (tertiary/aromatic N) is 1. The molecule has 1 aromatic rings. The normalized spacial score (nSPS) is 15.7. The summed E-state index contributed by atoms with van der Waals surface area (Å²) in [5.74, 6) is 0.0153. The number of rotatable bonds is 5. The minimum Gasteiger partial charge on any atom is -0.445 e. The van der Waals surface area contributed by atoms with E-state index in [-0.39, 0.29) is 18.4 Å². The lowest BCUT2D eigenvalue weighted by Gasteiger charge is -2.26. The molecule has 1 N–H and O–H groups in total. The number of likely N-dealkylation sites (tertiary alicyclic amines) is 1. The molecule has 0 aromatic heterocycles. The number of benzene rings is 1. The summed E-state index contributed by atoms with van der Waals surface area (Å²) in [7, 11) is 0. The molecule has 1 heterocycles. The van der Waals surface area contributed by atoms with Crippen LogP contribution in [0.2, 0.25) is 0 Å². The quantitative estimate of drug-likeness (QED) is 0.909. The van der Waals surface area contributed by atoms with Crippen molar-refractivity contribution < 1.29 is 14.3 Å². The Kier molecular flexibility index (Phi) is 5.81. The first-order valence-corrected chi connectivity index (χ1v) is 7.84. The molecule has 0 unspecified atom stereocenters. The van der Waals surface area contributed by atoms with Crippen LogP contribution in [-0.2, 0) is 16.1 Å². The van der Waals surface area contributed by atoms with Gasteiger partial charge in [0, 0.05) is 13.1 Å². The average molecular weight is 304 g/mol. The Morgan fingerprint density at radius 1 is 1.18 bits per heavy atom. The van der Waals surface area contributed by atoms with Crippen molar-refractivity contribution in [2.24, 2.45) is 5.92 Å². The lowest BCUT2D eigenvalue weighted by Crippen LogP contribution is -2.50. The van der Waals surface area contributed by atoms with Crippen LogP contribution >= 0.6 is 0 Å². The second-order valence-electron chi connectivity index (χ2n) is 5.96. The van der Waals surface area contributed by atoms with Crippen LogP contribution in [-0.4, -0.2) is 36.0 Å². The highest BCUT2D eigenvalue weighted by Gasteiger charge is 2.30. The SMILES string of the molecule is CC(C)[C@@H](NC(=O)OCc1ccccc1)C(=O)N1CCCC1. The second-order valence-corrected chi connectivity index (χ2v) is 5.96. The van der Waals surface area contributed by atoms with Gasteiger partial charge >= 0.3 is 6.09 Å². The molecule has 0 saturated carbocycles. The molecule has 2 amide bonds. The van der Waals surface area contributed by atoms with Crippen LogP contribution in [0.3, 0.4) is 0 Å². The number of nitrogens with one attached hydrogen (secondary N) is 1. The highest BCUT2D eigenvalue weighted by molar-refractivity contribution is 5.86. The van der Waals surface area contributed by atoms with Gasteiger partial charge in [0.1, 0.15) is 12.6 Å². The molecular formula is C17H24N2O3. The highest BCUT2D eigenvalue weighted by Crippen LogP contribution is 2.13. The third kappa shape index (κ3) is 4.48. The zero-order valence-corrected chi connectivity index (χ0v) is 13.2. The second kappa shape index (κ2) is 7.82. The van der Waals surface area contributed by atoms with Gasteiger partial charge in [-0.25, -0.2) is 4.79 Å². The maximum Gasteiger partial charge on any atom is 0.408 e. The number of carbonyl (C=O) groups is 2. The van der Waals surface area contributed by atoms with Crippen molar-refractivity contribution in [1.82, 2.24) is 10.2 Å². The largest absolute Gasteiger partial charge is 0.445 e. The Labute approximate surface area is 131 Å². The summed E-state index contributed by atoms with van der Waals surface area (Å²) in [6.07, 6.45) is 1.53. The molecule has 0 aliphatic carbocycles. The number of ether oxygens (including phenoxy) is 1. The van der Waals surface area contributed by atoms with Gasteiger partial charge in [-0.15, -0.1) is 0 Å². The Morgan fingerprint density at radius 3 is 2.41 bits per heavy atom. The summed E-state index contributed by atoms with van der Waals surface area (Å²) in [4.78, 5) is 26.2. The number of carbonyl (C=O) groups excluding carboxylic acids is 2.